The van der Waals surface area contributed by atoms with Gasteiger partial charge in [0.05, 0.1) is 41.5 Å². The van der Waals surface area contributed by atoms with Crippen LogP contribution < -0.4 is 18.9 Å². The quantitative estimate of drug-likeness (QED) is 0.494. The molecule has 1 heterocycles. The van der Waals surface area contributed by atoms with E-state index in [4.69, 9.17) is 18.9 Å². The zero-order valence-electron chi connectivity index (χ0n) is 21.5. The van der Waals surface area contributed by atoms with Crippen molar-refractivity contribution in [3.8, 4) is 23.0 Å². The molecule has 1 N–H and O–H groups in total. The minimum Gasteiger partial charge on any atom is -0.493 e. The fourth-order valence-corrected chi connectivity index (χ4v) is 4.63. The van der Waals surface area contributed by atoms with Gasteiger partial charge in [-0.2, -0.15) is 0 Å². The normalized spacial score (nSPS) is 14.4. The number of hydrogen-bond donors (Lipinski definition) is 1. The van der Waals surface area contributed by atoms with Crippen LogP contribution in [0.3, 0.4) is 0 Å². The molecule has 0 radical (unpaired) electrons. The lowest BCUT2D eigenvalue weighted by atomic mass is 9.99. The van der Waals surface area contributed by atoms with Crippen LogP contribution in [0.25, 0.3) is 0 Å². The molecule has 1 amide bonds. The van der Waals surface area contributed by atoms with Gasteiger partial charge in [0, 0.05) is 25.6 Å². The van der Waals surface area contributed by atoms with Gasteiger partial charge in [0.2, 0.25) is 5.91 Å². The predicted octanol–water partition coefficient (Wildman–Crippen LogP) is 2.75. The number of nitrogens with zero attached hydrogens (tertiary/aromatic N) is 2. The number of benzene rings is 2. The Morgan fingerprint density at radius 1 is 0.943 bits per heavy atom. The summed E-state index contributed by atoms with van der Waals surface area (Å²) in [7, 11) is 8.50. The van der Waals surface area contributed by atoms with Crippen LogP contribution >= 0.6 is 0 Å². The Morgan fingerprint density at radius 3 is 2.20 bits per heavy atom. The number of fused-ring (bicyclic) bond motifs is 1. The van der Waals surface area contributed by atoms with Gasteiger partial charge >= 0.3 is 0 Å². The first-order valence-corrected chi connectivity index (χ1v) is 12.0. The number of carbonyl (C=O) groups is 1. The van der Waals surface area contributed by atoms with E-state index < -0.39 is 0 Å². The minimum absolute atomic E-state index is 0.0373. The van der Waals surface area contributed by atoms with Gasteiger partial charge in [-0.05, 0) is 67.4 Å². The summed E-state index contributed by atoms with van der Waals surface area (Å²) in [5.41, 5.74) is 3.15. The highest BCUT2D eigenvalue weighted by atomic mass is 16.5. The highest BCUT2D eigenvalue weighted by Crippen LogP contribution is 2.33. The maximum absolute atomic E-state index is 12.9. The molecule has 0 saturated carbocycles. The molecule has 2 aromatic carbocycles. The Labute approximate surface area is 208 Å². The van der Waals surface area contributed by atoms with Crippen LogP contribution in [-0.4, -0.2) is 89.1 Å². The number of methoxy groups -OCH3 is 4. The Hall–Kier alpha value is -2.97. The van der Waals surface area contributed by atoms with E-state index in [1.54, 1.807) is 28.4 Å². The smallest absolute Gasteiger partial charge is 0.227 e. The zero-order chi connectivity index (χ0) is 25.4. The summed E-state index contributed by atoms with van der Waals surface area (Å²) in [6.07, 6.45) is 2.02. The van der Waals surface area contributed by atoms with E-state index in [2.05, 4.69) is 4.90 Å². The SMILES string of the molecule is COc1ccc([C@H](CO)CN(C)CCCN2CCc3cc(OC)c(OC)cc3CC2=O)cc1OC. The molecule has 0 aliphatic carbocycles. The van der Waals surface area contributed by atoms with Crippen molar-refractivity contribution < 1.29 is 28.8 Å². The average molecular weight is 487 g/mol. The van der Waals surface area contributed by atoms with Crippen molar-refractivity contribution in [2.24, 2.45) is 0 Å². The molecule has 8 nitrogen and oxygen atoms in total. The largest absolute Gasteiger partial charge is 0.493 e. The molecule has 0 bridgehead atoms. The van der Waals surface area contributed by atoms with Crippen LogP contribution in [0.2, 0.25) is 0 Å². The molecule has 35 heavy (non-hydrogen) atoms. The lowest BCUT2D eigenvalue weighted by Gasteiger charge is -2.25. The molecular formula is C27H38N2O6. The van der Waals surface area contributed by atoms with Crippen molar-refractivity contribution >= 4 is 5.91 Å². The van der Waals surface area contributed by atoms with Crippen LogP contribution in [0.15, 0.2) is 30.3 Å². The van der Waals surface area contributed by atoms with Crippen LogP contribution in [0.1, 0.15) is 29.0 Å². The minimum atomic E-state index is -0.0425. The van der Waals surface area contributed by atoms with Crippen molar-refractivity contribution in [1.29, 1.82) is 0 Å². The van der Waals surface area contributed by atoms with Gasteiger partial charge in [-0.25, -0.2) is 0 Å². The van der Waals surface area contributed by atoms with E-state index in [0.717, 1.165) is 36.1 Å². The first kappa shape index (κ1) is 26.6. The maximum atomic E-state index is 12.9. The first-order chi connectivity index (χ1) is 16.9. The maximum Gasteiger partial charge on any atom is 0.227 e. The number of ether oxygens (including phenoxy) is 4. The third kappa shape index (κ3) is 6.58. The van der Waals surface area contributed by atoms with Gasteiger partial charge in [-0.15, -0.1) is 0 Å². The van der Waals surface area contributed by atoms with Crippen LogP contribution in [0.5, 0.6) is 23.0 Å². The molecular weight excluding hydrogens is 448 g/mol. The summed E-state index contributed by atoms with van der Waals surface area (Å²) < 4.78 is 21.6. The number of amides is 1. The van der Waals surface area contributed by atoms with Crippen molar-refractivity contribution in [2.45, 2.75) is 25.2 Å². The van der Waals surface area contributed by atoms with Crippen LogP contribution in [-0.2, 0) is 17.6 Å². The first-order valence-electron chi connectivity index (χ1n) is 12.0. The van der Waals surface area contributed by atoms with E-state index in [9.17, 15) is 9.90 Å². The molecule has 8 heteroatoms. The third-order valence-electron chi connectivity index (χ3n) is 6.65. The second-order valence-corrected chi connectivity index (χ2v) is 8.89. The molecule has 1 aliphatic heterocycles. The Kier molecular flexibility index (Phi) is 9.63. The summed E-state index contributed by atoms with van der Waals surface area (Å²) in [6.45, 7) is 2.95. The van der Waals surface area contributed by atoms with Crippen molar-refractivity contribution in [3.05, 3.63) is 47.0 Å². The lowest BCUT2D eigenvalue weighted by molar-refractivity contribution is -0.130. The standard InChI is InChI=1S/C27H38N2O6/c1-28(17-22(18-30)19-7-8-23(32-2)24(13-19)33-3)10-6-11-29-12-9-20-14-25(34-4)26(35-5)15-21(20)16-27(29)31/h7-8,13-15,22,30H,6,9-12,16-18H2,1-5H3/t22-/m0/s1. The van der Waals surface area contributed by atoms with E-state index in [1.165, 1.54) is 0 Å². The molecule has 3 rings (SSSR count). The van der Waals surface area contributed by atoms with Gasteiger partial charge in [0.15, 0.2) is 23.0 Å². The number of hydrogen-bond acceptors (Lipinski definition) is 7. The highest BCUT2D eigenvalue weighted by Gasteiger charge is 2.23. The van der Waals surface area contributed by atoms with E-state index in [1.807, 2.05) is 42.3 Å². The summed E-state index contributed by atoms with van der Waals surface area (Å²) in [5, 5.41) is 10.0. The topological polar surface area (TPSA) is 80.7 Å². The van der Waals surface area contributed by atoms with Crippen LogP contribution in [0, 0.1) is 0 Å². The Balaban J connectivity index is 1.54. The summed E-state index contributed by atoms with van der Waals surface area (Å²) >= 11 is 0. The van der Waals surface area contributed by atoms with Crippen molar-refractivity contribution in [1.82, 2.24) is 9.80 Å². The molecule has 0 aromatic heterocycles. The van der Waals surface area contributed by atoms with E-state index in [-0.39, 0.29) is 18.4 Å². The molecule has 0 saturated heterocycles. The second-order valence-electron chi connectivity index (χ2n) is 8.89. The molecule has 0 spiro atoms. The van der Waals surface area contributed by atoms with Gasteiger partial charge in [-0.1, -0.05) is 6.07 Å². The van der Waals surface area contributed by atoms with Crippen molar-refractivity contribution in [2.75, 3.05) is 68.3 Å². The number of aliphatic hydroxyl groups excluding tert-OH is 1. The fourth-order valence-electron chi connectivity index (χ4n) is 4.63. The molecule has 2 aromatic rings. The monoisotopic (exact) mass is 486 g/mol. The molecule has 0 unspecified atom stereocenters. The van der Waals surface area contributed by atoms with E-state index in [0.29, 0.717) is 49.1 Å². The highest BCUT2D eigenvalue weighted by molar-refractivity contribution is 5.80. The number of carbonyl (C=O) groups excluding carboxylic acids is 1. The van der Waals surface area contributed by atoms with Crippen molar-refractivity contribution in [3.63, 3.8) is 0 Å². The predicted molar refractivity (Wildman–Crippen MR) is 135 cm³/mol. The van der Waals surface area contributed by atoms with Gasteiger partial charge in [0.25, 0.3) is 0 Å². The molecule has 1 atom stereocenters. The average Bonchev–Trinajstić information content (AvgIpc) is 3.03. The van der Waals surface area contributed by atoms with Gasteiger partial charge in [0.1, 0.15) is 0 Å². The summed E-state index contributed by atoms with van der Waals surface area (Å²) in [5.74, 6) is 2.77. The molecule has 192 valence electrons. The van der Waals surface area contributed by atoms with Crippen LogP contribution in [0.4, 0.5) is 0 Å². The Bertz CT molecular complexity index is 996. The van der Waals surface area contributed by atoms with Gasteiger partial charge < -0.3 is 33.9 Å². The molecule has 0 fully saturated rings. The zero-order valence-corrected chi connectivity index (χ0v) is 21.5. The third-order valence-corrected chi connectivity index (χ3v) is 6.65. The van der Waals surface area contributed by atoms with Gasteiger partial charge in [-0.3, -0.25) is 4.79 Å². The van der Waals surface area contributed by atoms with E-state index >= 15 is 0 Å². The fraction of sp³-hybridized carbons (Fsp3) is 0.519. The summed E-state index contributed by atoms with van der Waals surface area (Å²) in [6, 6.07) is 9.66. The Morgan fingerprint density at radius 2 is 1.57 bits per heavy atom. The number of rotatable bonds is 12. The number of aliphatic hydroxyl groups is 1. The number of likely N-dealkylation sites (N-methyl/N-ethyl adjacent to an activating group) is 1. The molecule has 1 aliphatic rings. The summed E-state index contributed by atoms with van der Waals surface area (Å²) in [4.78, 5) is 17.1. The second kappa shape index (κ2) is 12.7. The lowest BCUT2D eigenvalue weighted by Crippen LogP contribution is -2.35.